The summed E-state index contributed by atoms with van der Waals surface area (Å²) in [7, 11) is 1.96. The number of anilines is 1. The number of hydrazine groups is 1. The molecule has 0 aliphatic carbocycles. The van der Waals surface area contributed by atoms with Crippen molar-refractivity contribution in [3.05, 3.63) is 40.6 Å². The monoisotopic (exact) mass is 335 g/mol. The minimum absolute atomic E-state index is 0.387. The number of benzene rings is 1. The first-order chi connectivity index (χ1) is 10.8. The van der Waals surface area contributed by atoms with Crippen LogP contribution in [0.25, 0.3) is 0 Å². The summed E-state index contributed by atoms with van der Waals surface area (Å²) in [6, 6.07) is 7.29. The molecule has 1 aliphatic rings. The highest BCUT2D eigenvalue weighted by atomic mass is 35.5. The van der Waals surface area contributed by atoms with Crippen molar-refractivity contribution in [2.75, 3.05) is 19.0 Å². The lowest BCUT2D eigenvalue weighted by atomic mass is 9.82. The summed E-state index contributed by atoms with van der Waals surface area (Å²) in [5, 5.41) is 0.668. The average Bonchev–Trinajstić information content (AvgIpc) is 2.76. The number of aldehydes is 1. The molecule has 6 heteroatoms. The second kappa shape index (κ2) is 6.72. The van der Waals surface area contributed by atoms with Crippen molar-refractivity contribution in [1.82, 2.24) is 10.3 Å². The Morgan fingerprint density at radius 1 is 1.35 bits per heavy atom. The zero-order valence-corrected chi connectivity index (χ0v) is 14.6. The molecule has 2 rings (SSSR count). The molecule has 0 radical (unpaired) electrons. The van der Waals surface area contributed by atoms with Gasteiger partial charge in [0, 0.05) is 22.8 Å². The highest BCUT2D eigenvalue weighted by Gasteiger charge is 2.47. The van der Waals surface area contributed by atoms with Crippen LogP contribution in [0, 0.1) is 5.92 Å². The Morgan fingerprint density at radius 2 is 1.96 bits per heavy atom. The number of carbonyl (C=O) groups is 2. The molecule has 2 N–H and O–H groups in total. The number of Topliss-reactive ketones (excluding diaryl/α,β-unsaturated/α-hetero) is 1. The number of likely N-dealkylation sites (N-methyl/N-ethyl adjacent to an activating group) is 1. The van der Waals surface area contributed by atoms with Crippen LogP contribution >= 0.6 is 11.6 Å². The quantitative estimate of drug-likeness (QED) is 0.492. The van der Waals surface area contributed by atoms with Crippen LogP contribution in [-0.2, 0) is 9.59 Å². The molecular formula is C17H22ClN3O2. The lowest BCUT2D eigenvalue weighted by Crippen LogP contribution is -2.43. The van der Waals surface area contributed by atoms with Crippen molar-refractivity contribution in [3.8, 4) is 0 Å². The van der Waals surface area contributed by atoms with Gasteiger partial charge in [0.05, 0.1) is 11.6 Å². The topological polar surface area (TPSA) is 61.4 Å². The highest BCUT2D eigenvalue weighted by Crippen LogP contribution is 2.38. The summed E-state index contributed by atoms with van der Waals surface area (Å²) in [4.78, 5) is 25.2. The molecule has 0 aromatic heterocycles. The summed E-state index contributed by atoms with van der Waals surface area (Å²) in [6.07, 6.45) is 0.422. The van der Waals surface area contributed by atoms with Gasteiger partial charge in [-0.25, -0.2) is 0 Å². The molecule has 1 heterocycles. The fourth-order valence-electron chi connectivity index (χ4n) is 2.90. The van der Waals surface area contributed by atoms with Crippen LogP contribution in [0.2, 0.25) is 5.02 Å². The van der Waals surface area contributed by atoms with Crippen LogP contribution in [0.5, 0.6) is 0 Å². The zero-order chi connectivity index (χ0) is 17.2. The smallest absolute Gasteiger partial charge is 0.204 e. The largest absolute Gasteiger partial charge is 0.305 e. The molecule has 1 fully saturated rings. The summed E-state index contributed by atoms with van der Waals surface area (Å²) in [6.45, 7) is 6.49. The molecule has 1 saturated heterocycles. The average molecular weight is 336 g/mol. The van der Waals surface area contributed by atoms with Gasteiger partial charge in [-0.1, -0.05) is 11.6 Å². The number of hydrogen-bond donors (Lipinski definition) is 2. The summed E-state index contributed by atoms with van der Waals surface area (Å²) < 4.78 is 0. The number of nitrogens with one attached hydrogen (secondary N) is 2. The molecule has 0 saturated carbocycles. The van der Waals surface area contributed by atoms with Crippen molar-refractivity contribution in [3.63, 3.8) is 0 Å². The van der Waals surface area contributed by atoms with E-state index in [4.69, 9.17) is 11.6 Å². The Bertz CT molecular complexity index is 638. The standard InChI is InChI=1S/C17H22ClN3O2/c1-11(19-20-13-7-5-12(18)6-8-13)14-9-21(4)17(2,3)16(14)15(23)10-22/h5-8,10,16,19-20H,9H2,1-4H3. The van der Waals surface area contributed by atoms with E-state index in [9.17, 15) is 9.59 Å². The van der Waals surface area contributed by atoms with E-state index in [1.54, 1.807) is 12.1 Å². The number of rotatable bonds is 5. The van der Waals surface area contributed by atoms with E-state index in [1.165, 1.54) is 0 Å². The van der Waals surface area contributed by atoms with Crippen molar-refractivity contribution in [2.45, 2.75) is 26.3 Å². The molecule has 1 aliphatic heterocycles. The minimum atomic E-state index is -0.440. The van der Waals surface area contributed by atoms with Crippen LogP contribution < -0.4 is 10.9 Å². The molecule has 5 nitrogen and oxygen atoms in total. The molecule has 23 heavy (non-hydrogen) atoms. The molecule has 0 spiro atoms. The normalized spacial score (nSPS) is 22.6. The molecule has 0 bridgehead atoms. The Balaban J connectivity index is 2.21. The number of allylic oxidation sites excluding steroid dienone is 1. The number of hydrogen-bond acceptors (Lipinski definition) is 5. The lowest BCUT2D eigenvalue weighted by molar-refractivity contribution is -0.133. The summed E-state index contributed by atoms with van der Waals surface area (Å²) in [5.74, 6) is -0.827. The number of carbonyl (C=O) groups excluding carboxylic acids is 2. The third kappa shape index (κ3) is 3.57. The molecule has 0 amide bonds. The summed E-state index contributed by atoms with van der Waals surface area (Å²) >= 11 is 5.86. The van der Waals surface area contributed by atoms with Crippen molar-refractivity contribution >= 4 is 29.4 Å². The second-order valence-corrected chi connectivity index (χ2v) is 6.81. The van der Waals surface area contributed by atoms with Crippen LogP contribution in [-0.4, -0.2) is 36.1 Å². The second-order valence-electron chi connectivity index (χ2n) is 6.37. The molecule has 1 atom stereocenters. The summed E-state index contributed by atoms with van der Waals surface area (Å²) in [5.41, 5.74) is 8.44. The van der Waals surface area contributed by atoms with E-state index in [0.717, 1.165) is 17.0 Å². The number of halogens is 1. The van der Waals surface area contributed by atoms with Gasteiger partial charge in [-0.05, 0) is 57.7 Å². The van der Waals surface area contributed by atoms with E-state index < -0.39 is 11.5 Å². The third-order valence-electron chi connectivity index (χ3n) is 4.57. The Morgan fingerprint density at radius 3 is 2.52 bits per heavy atom. The van der Waals surface area contributed by atoms with E-state index in [2.05, 4.69) is 15.8 Å². The molecular weight excluding hydrogens is 314 g/mol. The number of nitrogens with zero attached hydrogens (tertiary/aromatic N) is 1. The van der Waals surface area contributed by atoms with Crippen LogP contribution in [0.1, 0.15) is 20.8 Å². The molecule has 1 aromatic carbocycles. The van der Waals surface area contributed by atoms with Gasteiger partial charge in [-0.3, -0.25) is 14.5 Å². The van der Waals surface area contributed by atoms with E-state index in [-0.39, 0.29) is 5.78 Å². The third-order valence-corrected chi connectivity index (χ3v) is 4.82. The van der Waals surface area contributed by atoms with Gasteiger partial charge in [0.15, 0.2) is 6.29 Å². The number of ketones is 1. The Hall–Kier alpha value is -1.85. The predicted octanol–water partition coefficient (Wildman–Crippen LogP) is 2.64. The Labute approximate surface area is 141 Å². The SMILES string of the molecule is CC(NNc1ccc(Cl)cc1)=C1CN(C)C(C)(C)C1C(=O)C=O. The van der Waals surface area contributed by atoms with Gasteiger partial charge >= 0.3 is 0 Å². The van der Waals surface area contributed by atoms with E-state index in [1.807, 2.05) is 40.0 Å². The van der Waals surface area contributed by atoms with Gasteiger partial charge in [0.2, 0.25) is 5.78 Å². The first kappa shape index (κ1) is 17.5. The maximum absolute atomic E-state index is 12.1. The van der Waals surface area contributed by atoms with Gasteiger partial charge in [-0.15, -0.1) is 0 Å². The van der Waals surface area contributed by atoms with E-state index >= 15 is 0 Å². The van der Waals surface area contributed by atoms with Crippen molar-refractivity contribution in [1.29, 1.82) is 0 Å². The van der Waals surface area contributed by atoms with Gasteiger partial charge in [0.25, 0.3) is 0 Å². The molecule has 1 aromatic rings. The Kier molecular flexibility index (Phi) is 5.12. The molecule has 1 unspecified atom stereocenters. The number of likely N-dealkylation sites (tertiary alicyclic amines) is 1. The highest BCUT2D eigenvalue weighted by molar-refractivity contribution is 6.30. The maximum atomic E-state index is 12.1. The van der Waals surface area contributed by atoms with Crippen molar-refractivity contribution < 1.29 is 9.59 Å². The fraction of sp³-hybridized carbons (Fsp3) is 0.412. The maximum Gasteiger partial charge on any atom is 0.204 e. The zero-order valence-electron chi connectivity index (χ0n) is 13.8. The van der Waals surface area contributed by atoms with Gasteiger partial charge < -0.3 is 10.9 Å². The first-order valence-electron chi connectivity index (χ1n) is 7.45. The van der Waals surface area contributed by atoms with E-state index in [0.29, 0.717) is 17.9 Å². The van der Waals surface area contributed by atoms with Crippen LogP contribution in [0.4, 0.5) is 5.69 Å². The van der Waals surface area contributed by atoms with Gasteiger partial charge in [-0.2, -0.15) is 0 Å². The van der Waals surface area contributed by atoms with Gasteiger partial charge in [0.1, 0.15) is 0 Å². The van der Waals surface area contributed by atoms with Crippen LogP contribution in [0.15, 0.2) is 35.5 Å². The van der Waals surface area contributed by atoms with Crippen LogP contribution in [0.3, 0.4) is 0 Å². The molecule has 124 valence electrons. The fourth-order valence-corrected chi connectivity index (χ4v) is 3.03. The minimum Gasteiger partial charge on any atom is -0.305 e. The predicted molar refractivity (Wildman–Crippen MR) is 92.2 cm³/mol. The first-order valence-corrected chi connectivity index (χ1v) is 7.82. The van der Waals surface area contributed by atoms with Crippen molar-refractivity contribution in [2.24, 2.45) is 5.92 Å². The lowest BCUT2D eigenvalue weighted by Gasteiger charge is -2.31.